The molecular weight excluding hydrogens is 226 g/mol. The Morgan fingerprint density at radius 1 is 1.44 bits per heavy atom. The van der Waals surface area contributed by atoms with Crippen LogP contribution < -0.4 is 16.6 Å². The van der Waals surface area contributed by atoms with Gasteiger partial charge in [-0.2, -0.15) is 0 Å². The summed E-state index contributed by atoms with van der Waals surface area (Å²) < 4.78 is 10.9. The molecule has 0 saturated carbocycles. The predicted molar refractivity (Wildman–Crippen MR) is 66.6 cm³/mol. The minimum atomic E-state index is -0.800. The second kappa shape index (κ2) is 6.39. The van der Waals surface area contributed by atoms with Gasteiger partial charge in [-0.05, 0) is 0 Å². The zero-order valence-electron chi connectivity index (χ0n) is 9.49. The number of aryl methyl sites for hydroxylation is 1. The molecule has 1 heterocycles. The van der Waals surface area contributed by atoms with Crippen molar-refractivity contribution < 1.29 is 4.21 Å². The summed E-state index contributed by atoms with van der Waals surface area (Å²) in [4.78, 5) is 8.45. The van der Waals surface area contributed by atoms with E-state index in [0.29, 0.717) is 23.9 Å². The van der Waals surface area contributed by atoms with Crippen molar-refractivity contribution in [2.24, 2.45) is 5.84 Å². The first-order valence-electron chi connectivity index (χ1n) is 5.04. The smallest absolute Gasteiger partial charge is 0.145 e. The van der Waals surface area contributed by atoms with Gasteiger partial charge in [-0.3, -0.25) is 4.21 Å². The average molecular weight is 243 g/mol. The highest BCUT2D eigenvalue weighted by molar-refractivity contribution is 7.84. The van der Waals surface area contributed by atoms with Gasteiger partial charge in [0.25, 0.3) is 0 Å². The number of rotatable bonds is 6. The van der Waals surface area contributed by atoms with Gasteiger partial charge in [0.2, 0.25) is 0 Å². The Bertz CT molecular complexity index is 349. The zero-order valence-corrected chi connectivity index (χ0v) is 10.3. The normalized spacial score (nSPS) is 12.2. The number of hydrazine groups is 1. The number of anilines is 2. The van der Waals surface area contributed by atoms with E-state index in [2.05, 4.69) is 20.7 Å². The predicted octanol–water partition coefficient (Wildman–Crippen LogP) is 0.115. The Kier molecular flexibility index (Phi) is 5.13. The minimum Gasteiger partial charge on any atom is -0.369 e. The Morgan fingerprint density at radius 2 is 2.12 bits per heavy atom. The highest BCUT2D eigenvalue weighted by Crippen LogP contribution is 2.10. The summed E-state index contributed by atoms with van der Waals surface area (Å²) >= 11 is 0. The van der Waals surface area contributed by atoms with E-state index < -0.39 is 10.8 Å². The number of nitrogens with zero attached hydrogens (tertiary/aromatic N) is 2. The summed E-state index contributed by atoms with van der Waals surface area (Å²) in [5.74, 6) is 7.89. The first-order chi connectivity index (χ1) is 7.65. The molecule has 16 heavy (non-hydrogen) atoms. The summed E-state index contributed by atoms with van der Waals surface area (Å²) in [5, 5.41) is 3.09. The molecular formula is C9H17N5OS. The van der Waals surface area contributed by atoms with Crippen LogP contribution in [0, 0.1) is 0 Å². The SMILES string of the molecule is CCc1nc(NN)cc(NCCS(C)=O)n1. The fourth-order valence-corrected chi connectivity index (χ4v) is 1.53. The van der Waals surface area contributed by atoms with Gasteiger partial charge in [-0.25, -0.2) is 15.8 Å². The fourth-order valence-electron chi connectivity index (χ4n) is 1.14. The molecule has 0 aliphatic carbocycles. The van der Waals surface area contributed by atoms with Gasteiger partial charge in [-0.15, -0.1) is 0 Å². The van der Waals surface area contributed by atoms with E-state index in [1.807, 2.05) is 6.92 Å². The quantitative estimate of drug-likeness (QED) is 0.485. The molecule has 0 fully saturated rings. The van der Waals surface area contributed by atoms with E-state index in [-0.39, 0.29) is 0 Å². The third-order valence-corrected chi connectivity index (χ3v) is 2.71. The number of hydrogen-bond acceptors (Lipinski definition) is 6. The Morgan fingerprint density at radius 3 is 2.69 bits per heavy atom. The molecule has 6 nitrogen and oxygen atoms in total. The summed E-state index contributed by atoms with van der Waals surface area (Å²) in [5.41, 5.74) is 2.49. The van der Waals surface area contributed by atoms with Crippen LogP contribution in [-0.2, 0) is 17.2 Å². The van der Waals surface area contributed by atoms with Crippen molar-refractivity contribution in [1.82, 2.24) is 9.97 Å². The molecule has 7 heteroatoms. The number of nitrogens with two attached hydrogens (primary N) is 1. The minimum absolute atomic E-state index is 0.576. The van der Waals surface area contributed by atoms with Gasteiger partial charge in [-0.1, -0.05) is 6.92 Å². The standard InChI is InChI=1S/C9H17N5OS/c1-3-7-12-8(6-9(13-7)14-10)11-4-5-16(2)15/h6H,3-5,10H2,1-2H3,(H2,11,12,13,14). The number of aromatic nitrogens is 2. The third kappa shape index (κ3) is 4.11. The summed E-state index contributed by atoms with van der Waals surface area (Å²) in [6, 6.07) is 1.72. The molecule has 1 aromatic heterocycles. The molecule has 0 saturated heterocycles. The first-order valence-corrected chi connectivity index (χ1v) is 6.77. The molecule has 0 aliphatic heterocycles. The molecule has 1 atom stereocenters. The molecule has 1 unspecified atom stereocenters. The lowest BCUT2D eigenvalue weighted by Crippen LogP contribution is -2.14. The second-order valence-electron chi connectivity index (χ2n) is 3.26. The van der Waals surface area contributed by atoms with Crippen molar-refractivity contribution >= 4 is 22.4 Å². The maximum absolute atomic E-state index is 10.9. The van der Waals surface area contributed by atoms with Gasteiger partial charge in [0.15, 0.2) is 0 Å². The highest BCUT2D eigenvalue weighted by Gasteiger charge is 2.02. The number of nitrogens with one attached hydrogen (secondary N) is 2. The van der Waals surface area contributed by atoms with Crippen LogP contribution in [-0.4, -0.2) is 32.7 Å². The van der Waals surface area contributed by atoms with E-state index >= 15 is 0 Å². The van der Waals surface area contributed by atoms with Crippen molar-refractivity contribution in [2.45, 2.75) is 13.3 Å². The highest BCUT2D eigenvalue weighted by atomic mass is 32.2. The van der Waals surface area contributed by atoms with Crippen LogP contribution in [0.25, 0.3) is 0 Å². The monoisotopic (exact) mass is 243 g/mol. The lowest BCUT2D eigenvalue weighted by atomic mass is 10.4. The molecule has 4 N–H and O–H groups in total. The van der Waals surface area contributed by atoms with Gasteiger partial charge in [0.05, 0.1) is 0 Å². The molecule has 1 rings (SSSR count). The first kappa shape index (κ1) is 12.9. The molecule has 0 amide bonds. The molecule has 0 spiro atoms. The van der Waals surface area contributed by atoms with Crippen LogP contribution >= 0.6 is 0 Å². The molecule has 1 aromatic rings. The largest absolute Gasteiger partial charge is 0.369 e. The fraction of sp³-hybridized carbons (Fsp3) is 0.556. The molecule has 90 valence electrons. The van der Waals surface area contributed by atoms with Gasteiger partial charge >= 0.3 is 0 Å². The van der Waals surface area contributed by atoms with E-state index in [9.17, 15) is 4.21 Å². The maximum Gasteiger partial charge on any atom is 0.145 e. The maximum atomic E-state index is 10.9. The van der Waals surface area contributed by atoms with Crippen molar-refractivity contribution in [1.29, 1.82) is 0 Å². The lowest BCUT2D eigenvalue weighted by molar-refractivity contribution is 0.687. The van der Waals surface area contributed by atoms with E-state index in [1.54, 1.807) is 12.3 Å². The topological polar surface area (TPSA) is 92.9 Å². The Hall–Kier alpha value is -1.21. The van der Waals surface area contributed by atoms with Crippen molar-refractivity contribution in [3.05, 3.63) is 11.9 Å². The van der Waals surface area contributed by atoms with Crippen molar-refractivity contribution in [2.75, 3.05) is 29.3 Å². The molecule has 0 bridgehead atoms. The molecule has 0 radical (unpaired) electrons. The summed E-state index contributed by atoms with van der Waals surface area (Å²) in [6.45, 7) is 2.59. The van der Waals surface area contributed by atoms with Crippen LogP contribution in [0.1, 0.15) is 12.7 Å². The van der Waals surface area contributed by atoms with Crippen molar-refractivity contribution in [3.63, 3.8) is 0 Å². The van der Waals surface area contributed by atoms with Crippen molar-refractivity contribution in [3.8, 4) is 0 Å². The van der Waals surface area contributed by atoms with Gasteiger partial charge in [0, 0.05) is 41.8 Å². The molecule has 0 aromatic carbocycles. The Balaban J connectivity index is 2.67. The summed E-state index contributed by atoms with van der Waals surface area (Å²) in [6.07, 6.45) is 2.41. The van der Waals surface area contributed by atoms with Crippen LogP contribution in [0.4, 0.5) is 11.6 Å². The Labute approximate surface area is 97.5 Å². The van der Waals surface area contributed by atoms with E-state index in [0.717, 1.165) is 12.2 Å². The average Bonchev–Trinajstić information content (AvgIpc) is 2.28. The summed E-state index contributed by atoms with van der Waals surface area (Å²) in [7, 11) is -0.800. The van der Waals surface area contributed by atoms with E-state index in [4.69, 9.17) is 5.84 Å². The lowest BCUT2D eigenvalue weighted by Gasteiger charge is -2.08. The van der Waals surface area contributed by atoms with Crippen LogP contribution in [0.15, 0.2) is 6.07 Å². The van der Waals surface area contributed by atoms with Gasteiger partial charge < -0.3 is 10.7 Å². The van der Waals surface area contributed by atoms with Crippen LogP contribution in [0.3, 0.4) is 0 Å². The second-order valence-corrected chi connectivity index (χ2v) is 4.81. The van der Waals surface area contributed by atoms with E-state index in [1.165, 1.54) is 0 Å². The van der Waals surface area contributed by atoms with Gasteiger partial charge in [0.1, 0.15) is 17.5 Å². The van der Waals surface area contributed by atoms with Crippen LogP contribution in [0.2, 0.25) is 0 Å². The van der Waals surface area contributed by atoms with Crippen LogP contribution in [0.5, 0.6) is 0 Å². The number of nitrogen functional groups attached to an aromatic ring is 1. The molecule has 0 aliphatic rings. The third-order valence-electron chi connectivity index (χ3n) is 1.93. The number of hydrogen-bond donors (Lipinski definition) is 3. The zero-order chi connectivity index (χ0) is 12.0.